The van der Waals surface area contributed by atoms with Crippen LogP contribution in [0.2, 0.25) is 0 Å². The van der Waals surface area contributed by atoms with Gasteiger partial charge in [-0.3, -0.25) is 9.59 Å². The third-order valence-corrected chi connectivity index (χ3v) is 4.74. The van der Waals surface area contributed by atoms with Gasteiger partial charge in [0.15, 0.2) is 11.5 Å². The summed E-state index contributed by atoms with van der Waals surface area (Å²) >= 11 is 1.49. The van der Waals surface area contributed by atoms with Crippen LogP contribution in [0.4, 0.5) is 5.69 Å². The number of thiophene rings is 1. The fourth-order valence-electron chi connectivity index (χ4n) is 2.64. The van der Waals surface area contributed by atoms with Gasteiger partial charge >= 0.3 is 0 Å². The summed E-state index contributed by atoms with van der Waals surface area (Å²) in [6.45, 7) is -0.0960. The Labute approximate surface area is 153 Å². The second-order valence-corrected chi connectivity index (χ2v) is 6.36. The number of carbonyl (C=O) groups excluding carboxylic acids is 1. The summed E-state index contributed by atoms with van der Waals surface area (Å²) in [5.41, 5.74) is 0.290. The summed E-state index contributed by atoms with van der Waals surface area (Å²) in [5.74, 6) is 0.959. The average Bonchev–Trinajstić information content (AvgIpc) is 3.12. The van der Waals surface area contributed by atoms with Gasteiger partial charge in [-0.25, -0.2) is 0 Å². The van der Waals surface area contributed by atoms with Crippen molar-refractivity contribution in [1.29, 1.82) is 0 Å². The number of amides is 1. The fourth-order valence-corrected chi connectivity index (χ4v) is 3.41. The van der Waals surface area contributed by atoms with Gasteiger partial charge in [-0.05, 0) is 17.5 Å². The molecule has 2 heterocycles. The predicted molar refractivity (Wildman–Crippen MR) is 101 cm³/mol. The number of aromatic nitrogens is 1. The molecule has 1 N–H and O–H groups in total. The minimum absolute atomic E-state index is 0.0960. The lowest BCUT2D eigenvalue weighted by Gasteiger charge is -2.15. The Balaban J connectivity index is 1.83. The molecule has 3 rings (SSSR count). The van der Waals surface area contributed by atoms with E-state index in [0.29, 0.717) is 28.3 Å². The van der Waals surface area contributed by atoms with Crippen molar-refractivity contribution in [3.05, 3.63) is 46.2 Å². The van der Waals surface area contributed by atoms with Crippen LogP contribution in [0.3, 0.4) is 0 Å². The highest BCUT2D eigenvalue weighted by Crippen LogP contribution is 2.39. The first-order chi connectivity index (χ1) is 12.6. The molecule has 8 heteroatoms. The highest BCUT2D eigenvalue weighted by Gasteiger charge is 2.15. The number of benzene rings is 1. The molecule has 2 aromatic heterocycles. The van der Waals surface area contributed by atoms with Gasteiger partial charge in [0, 0.05) is 28.7 Å². The summed E-state index contributed by atoms with van der Waals surface area (Å²) in [6, 6.07) is 6.85. The SMILES string of the molecule is COc1cc(NC(=O)Cn2ccc3sccc3c2=O)cc(OC)c1OC. The molecular weight excluding hydrogens is 356 g/mol. The maximum absolute atomic E-state index is 12.4. The van der Waals surface area contributed by atoms with Crippen molar-refractivity contribution in [1.82, 2.24) is 4.57 Å². The van der Waals surface area contributed by atoms with E-state index < -0.39 is 0 Å². The predicted octanol–water partition coefficient (Wildman–Crippen LogP) is 2.73. The summed E-state index contributed by atoms with van der Waals surface area (Å²) in [5, 5.41) is 5.21. The highest BCUT2D eigenvalue weighted by atomic mass is 32.1. The van der Waals surface area contributed by atoms with Crippen LogP contribution in [0.25, 0.3) is 10.1 Å². The minimum atomic E-state index is -0.337. The van der Waals surface area contributed by atoms with E-state index >= 15 is 0 Å². The van der Waals surface area contributed by atoms with Crippen LogP contribution in [-0.4, -0.2) is 31.8 Å². The number of pyridine rings is 1. The van der Waals surface area contributed by atoms with Gasteiger partial charge in [-0.1, -0.05) is 0 Å². The largest absolute Gasteiger partial charge is 0.493 e. The van der Waals surface area contributed by atoms with Gasteiger partial charge in [-0.15, -0.1) is 11.3 Å². The van der Waals surface area contributed by atoms with Crippen LogP contribution in [0, 0.1) is 0 Å². The number of methoxy groups -OCH3 is 3. The number of ether oxygens (including phenoxy) is 3. The first kappa shape index (κ1) is 17.8. The standard InChI is InChI=1S/C18H18N2O5S/c1-23-13-8-11(9-14(24-2)17(13)25-3)19-16(21)10-20-6-4-15-12(18(20)22)5-7-26-15/h4-9H,10H2,1-3H3,(H,19,21). The number of hydrogen-bond donors (Lipinski definition) is 1. The monoisotopic (exact) mass is 374 g/mol. The van der Waals surface area contributed by atoms with E-state index in [4.69, 9.17) is 14.2 Å². The Kier molecular flexibility index (Phi) is 5.13. The lowest BCUT2D eigenvalue weighted by molar-refractivity contribution is -0.116. The molecule has 1 aromatic carbocycles. The Bertz CT molecular complexity index is 983. The molecule has 0 bridgehead atoms. The van der Waals surface area contributed by atoms with Crippen LogP contribution in [0.1, 0.15) is 0 Å². The van der Waals surface area contributed by atoms with E-state index in [9.17, 15) is 9.59 Å². The maximum Gasteiger partial charge on any atom is 0.259 e. The van der Waals surface area contributed by atoms with Crippen molar-refractivity contribution in [2.45, 2.75) is 6.54 Å². The van der Waals surface area contributed by atoms with E-state index in [2.05, 4.69) is 5.32 Å². The van der Waals surface area contributed by atoms with Crippen LogP contribution in [0.5, 0.6) is 17.2 Å². The number of carbonyl (C=O) groups is 1. The molecule has 0 aliphatic carbocycles. The van der Waals surface area contributed by atoms with Gasteiger partial charge < -0.3 is 24.1 Å². The van der Waals surface area contributed by atoms with E-state index in [1.807, 2.05) is 11.4 Å². The number of rotatable bonds is 6. The van der Waals surface area contributed by atoms with E-state index in [1.54, 1.807) is 24.4 Å². The molecule has 0 spiro atoms. The van der Waals surface area contributed by atoms with Crippen molar-refractivity contribution in [2.75, 3.05) is 26.6 Å². The first-order valence-electron chi connectivity index (χ1n) is 7.74. The summed E-state index contributed by atoms with van der Waals surface area (Å²) in [4.78, 5) is 24.8. The molecule has 136 valence electrons. The zero-order chi connectivity index (χ0) is 18.7. The van der Waals surface area contributed by atoms with E-state index in [0.717, 1.165) is 4.70 Å². The lowest BCUT2D eigenvalue weighted by atomic mass is 10.2. The number of fused-ring (bicyclic) bond motifs is 1. The number of anilines is 1. The van der Waals surface area contributed by atoms with Crippen molar-refractivity contribution in [3.8, 4) is 17.2 Å². The maximum atomic E-state index is 12.4. The van der Waals surface area contributed by atoms with Crippen LogP contribution >= 0.6 is 11.3 Å². The Morgan fingerprint density at radius 2 is 1.81 bits per heavy atom. The molecule has 26 heavy (non-hydrogen) atoms. The third kappa shape index (κ3) is 3.36. The van der Waals surface area contributed by atoms with Gasteiger partial charge in [-0.2, -0.15) is 0 Å². The molecule has 0 aliphatic rings. The molecular formula is C18H18N2O5S. The molecule has 0 aliphatic heterocycles. The van der Waals surface area contributed by atoms with Crippen molar-refractivity contribution >= 4 is 33.0 Å². The van der Waals surface area contributed by atoms with Crippen molar-refractivity contribution in [2.24, 2.45) is 0 Å². The van der Waals surface area contributed by atoms with Crippen LogP contribution < -0.4 is 25.1 Å². The molecule has 0 saturated carbocycles. The van der Waals surface area contributed by atoms with Gasteiger partial charge in [0.2, 0.25) is 11.7 Å². The summed E-state index contributed by atoms with van der Waals surface area (Å²) < 4.78 is 18.1. The quantitative estimate of drug-likeness (QED) is 0.718. The first-order valence-corrected chi connectivity index (χ1v) is 8.62. The van der Waals surface area contributed by atoms with Gasteiger partial charge in [0.25, 0.3) is 5.56 Å². The Hall–Kier alpha value is -3.00. The molecule has 3 aromatic rings. The van der Waals surface area contributed by atoms with Crippen LogP contribution in [0.15, 0.2) is 40.6 Å². The second kappa shape index (κ2) is 7.49. The van der Waals surface area contributed by atoms with Crippen molar-refractivity contribution in [3.63, 3.8) is 0 Å². The number of nitrogens with zero attached hydrogens (tertiary/aromatic N) is 1. The Morgan fingerprint density at radius 3 is 2.42 bits per heavy atom. The molecule has 0 atom stereocenters. The second-order valence-electron chi connectivity index (χ2n) is 5.41. The summed E-state index contributed by atoms with van der Waals surface area (Å²) in [7, 11) is 4.50. The molecule has 0 saturated heterocycles. The molecule has 1 amide bonds. The number of nitrogens with one attached hydrogen (secondary N) is 1. The molecule has 0 unspecified atom stereocenters. The molecule has 7 nitrogen and oxygen atoms in total. The van der Waals surface area contributed by atoms with E-state index in [1.165, 1.54) is 37.2 Å². The summed E-state index contributed by atoms with van der Waals surface area (Å²) in [6.07, 6.45) is 1.62. The molecule has 0 radical (unpaired) electrons. The third-order valence-electron chi connectivity index (χ3n) is 3.85. The average molecular weight is 374 g/mol. The smallest absolute Gasteiger partial charge is 0.259 e. The zero-order valence-corrected chi connectivity index (χ0v) is 15.4. The van der Waals surface area contributed by atoms with Crippen molar-refractivity contribution < 1.29 is 19.0 Å². The number of hydrogen-bond acceptors (Lipinski definition) is 6. The van der Waals surface area contributed by atoms with Crippen LogP contribution in [-0.2, 0) is 11.3 Å². The Morgan fingerprint density at radius 1 is 1.12 bits per heavy atom. The fraction of sp³-hybridized carbons (Fsp3) is 0.222. The molecule has 0 fully saturated rings. The zero-order valence-electron chi connectivity index (χ0n) is 14.6. The minimum Gasteiger partial charge on any atom is -0.493 e. The normalized spacial score (nSPS) is 10.6. The topological polar surface area (TPSA) is 78.8 Å². The van der Waals surface area contributed by atoms with Gasteiger partial charge in [0.05, 0.1) is 26.7 Å². The lowest BCUT2D eigenvalue weighted by Crippen LogP contribution is -2.27. The van der Waals surface area contributed by atoms with Gasteiger partial charge in [0.1, 0.15) is 6.54 Å². The highest BCUT2D eigenvalue weighted by molar-refractivity contribution is 7.17. The van der Waals surface area contributed by atoms with E-state index in [-0.39, 0.29) is 18.0 Å².